The lowest BCUT2D eigenvalue weighted by atomic mass is 10.1. The summed E-state index contributed by atoms with van der Waals surface area (Å²) in [7, 11) is -3.09. The lowest BCUT2D eigenvalue weighted by Gasteiger charge is -2.32. The molecule has 9 heteroatoms. The van der Waals surface area contributed by atoms with Crippen LogP contribution in [-0.4, -0.2) is 56.7 Å². The summed E-state index contributed by atoms with van der Waals surface area (Å²) >= 11 is 0. The largest absolute Gasteiger partial charge is 0.367 e. The molecule has 0 radical (unpaired) electrons. The molecule has 2 aliphatic rings. The zero-order chi connectivity index (χ0) is 19.1. The van der Waals surface area contributed by atoms with Gasteiger partial charge in [0.1, 0.15) is 12.1 Å². The Hall–Kier alpha value is -2.52. The minimum absolute atomic E-state index is 0.139. The molecule has 1 N–H and O–H groups in total. The lowest BCUT2D eigenvalue weighted by Crippen LogP contribution is -2.43. The Kier molecular flexibility index (Phi) is 4.28. The monoisotopic (exact) mass is 398 g/mol. The maximum Gasteiger partial charge on any atom is 0.254 e. The molecule has 1 aliphatic heterocycles. The third kappa shape index (κ3) is 3.24. The molecule has 28 heavy (non-hydrogen) atoms. The van der Waals surface area contributed by atoms with Crippen molar-refractivity contribution in [2.45, 2.75) is 37.0 Å². The standard InChI is InChI=1S/C19H22N6O2S/c26-28(27,16-6-7-16)24-10-8-15(9-11-24)22-18-12-17(14-4-2-1-3-5-14)23-19-20-13-21-25(18)19/h1-5,12-13,15-16,22H,6-11H2. The van der Waals surface area contributed by atoms with E-state index in [1.807, 2.05) is 36.4 Å². The second-order valence-electron chi connectivity index (χ2n) is 7.43. The molecule has 146 valence electrons. The van der Waals surface area contributed by atoms with Gasteiger partial charge in [-0.2, -0.15) is 14.6 Å². The van der Waals surface area contributed by atoms with Crippen LogP contribution in [0, 0.1) is 0 Å². The van der Waals surface area contributed by atoms with Crippen LogP contribution < -0.4 is 5.32 Å². The topological polar surface area (TPSA) is 92.5 Å². The molecule has 3 heterocycles. The Bertz CT molecular complexity index is 1090. The van der Waals surface area contributed by atoms with E-state index in [1.165, 1.54) is 6.33 Å². The molecule has 2 aromatic heterocycles. The van der Waals surface area contributed by atoms with Gasteiger partial charge in [0.15, 0.2) is 0 Å². The van der Waals surface area contributed by atoms with Crippen molar-refractivity contribution in [3.8, 4) is 11.3 Å². The van der Waals surface area contributed by atoms with Crippen LogP contribution in [0.2, 0.25) is 0 Å². The first-order valence-electron chi connectivity index (χ1n) is 9.63. The van der Waals surface area contributed by atoms with Crippen molar-refractivity contribution in [2.24, 2.45) is 0 Å². The molecule has 8 nitrogen and oxygen atoms in total. The van der Waals surface area contributed by atoms with E-state index in [9.17, 15) is 8.42 Å². The van der Waals surface area contributed by atoms with Crippen LogP contribution in [-0.2, 0) is 10.0 Å². The van der Waals surface area contributed by atoms with Crippen LogP contribution >= 0.6 is 0 Å². The van der Waals surface area contributed by atoms with Crippen molar-refractivity contribution in [3.63, 3.8) is 0 Å². The average Bonchev–Trinajstić information content (AvgIpc) is 3.48. The number of nitrogens with zero attached hydrogens (tertiary/aromatic N) is 5. The molecule has 0 spiro atoms. The van der Waals surface area contributed by atoms with Gasteiger partial charge in [0.25, 0.3) is 5.78 Å². The summed E-state index contributed by atoms with van der Waals surface area (Å²) in [6, 6.07) is 12.1. The van der Waals surface area contributed by atoms with E-state index >= 15 is 0 Å². The first-order chi connectivity index (χ1) is 13.6. The van der Waals surface area contributed by atoms with Crippen LogP contribution in [0.3, 0.4) is 0 Å². The molecular weight excluding hydrogens is 376 g/mol. The van der Waals surface area contributed by atoms with Crippen LogP contribution in [0.1, 0.15) is 25.7 Å². The second-order valence-corrected chi connectivity index (χ2v) is 9.64. The predicted octanol–water partition coefficient (Wildman–Crippen LogP) is 2.16. The van der Waals surface area contributed by atoms with Gasteiger partial charge in [0, 0.05) is 30.8 Å². The predicted molar refractivity (Wildman–Crippen MR) is 106 cm³/mol. The Labute approximate surface area is 163 Å². The van der Waals surface area contributed by atoms with Crippen molar-refractivity contribution in [2.75, 3.05) is 18.4 Å². The van der Waals surface area contributed by atoms with Crippen molar-refractivity contribution >= 4 is 21.6 Å². The highest BCUT2D eigenvalue weighted by atomic mass is 32.2. The van der Waals surface area contributed by atoms with Gasteiger partial charge >= 0.3 is 0 Å². The molecular formula is C19H22N6O2S. The van der Waals surface area contributed by atoms with Gasteiger partial charge in [0.05, 0.1) is 10.9 Å². The normalized spacial score (nSPS) is 19.1. The van der Waals surface area contributed by atoms with E-state index in [-0.39, 0.29) is 11.3 Å². The summed E-state index contributed by atoms with van der Waals surface area (Å²) in [5, 5.41) is 7.68. The number of anilines is 1. The van der Waals surface area contributed by atoms with E-state index in [0.29, 0.717) is 18.9 Å². The van der Waals surface area contributed by atoms with Gasteiger partial charge in [0.2, 0.25) is 10.0 Å². The van der Waals surface area contributed by atoms with E-state index in [2.05, 4.69) is 20.4 Å². The smallest absolute Gasteiger partial charge is 0.254 e. The summed E-state index contributed by atoms with van der Waals surface area (Å²) < 4.78 is 28.2. The lowest BCUT2D eigenvalue weighted by molar-refractivity contribution is 0.329. The second kappa shape index (κ2) is 6.82. The molecule has 0 atom stereocenters. The van der Waals surface area contributed by atoms with Crippen molar-refractivity contribution in [1.82, 2.24) is 23.9 Å². The van der Waals surface area contributed by atoms with Gasteiger partial charge < -0.3 is 5.32 Å². The van der Waals surface area contributed by atoms with Crippen LogP contribution in [0.25, 0.3) is 17.0 Å². The van der Waals surface area contributed by atoms with Gasteiger partial charge in [-0.1, -0.05) is 30.3 Å². The fraction of sp³-hybridized carbons (Fsp3) is 0.421. The Morgan fingerprint density at radius 1 is 1.04 bits per heavy atom. The van der Waals surface area contributed by atoms with Crippen LogP contribution in [0.4, 0.5) is 5.82 Å². The SMILES string of the molecule is O=S(=O)(C1CC1)N1CCC(Nc2cc(-c3ccccc3)nc3ncnn23)CC1. The van der Waals surface area contributed by atoms with Gasteiger partial charge in [-0.3, -0.25) is 0 Å². The molecule has 0 amide bonds. The summed E-state index contributed by atoms with van der Waals surface area (Å²) in [6.45, 7) is 1.13. The van der Waals surface area contributed by atoms with Crippen LogP contribution in [0.5, 0.6) is 0 Å². The molecule has 1 aromatic carbocycles. The highest BCUT2D eigenvalue weighted by Gasteiger charge is 2.41. The van der Waals surface area contributed by atoms with Gasteiger partial charge in [-0.15, -0.1) is 0 Å². The fourth-order valence-electron chi connectivity index (χ4n) is 3.71. The van der Waals surface area contributed by atoms with Gasteiger partial charge in [-0.25, -0.2) is 17.7 Å². The highest BCUT2D eigenvalue weighted by Crippen LogP contribution is 2.32. The third-order valence-corrected chi connectivity index (χ3v) is 7.83. The minimum atomic E-state index is -3.09. The molecule has 3 aromatic rings. The zero-order valence-corrected chi connectivity index (χ0v) is 16.2. The van der Waals surface area contributed by atoms with Crippen molar-refractivity contribution < 1.29 is 8.42 Å². The number of sulfonamides is 1. The molecule has 1 saturated heterocycles. The average molecular weight is 398 g/mol. The third-order valence-electron chi connectivity index (χ3n) is 5.43. The van der Waals surface area contributed by atoms with E-state index in [1.54, 1.807) is 8.82 Å². The molecule has 1 aliphatic carbocycles. The number of benzene rings is 1. The Morgan fingerprint density at radius 2 is 1.79 bits per heavy atom. The number of nitrogens with one attached hydrogen (secondary N) is 1. The summed E-state index contributed by atoms with van der Waals surface area (Å²) in [4.78, 5) is 8.83. The van der Waals surface area contributed by atoms with Gasteiger partial charge in [-0.05, 0) is 25.7 Å². The number of fused-ring (bicyclic) bond motifs is 1. The zero-order valence-electron chi connectivity index (χ0n) is 15.4. The number of piperidine rings is 1. The highest BCUT2D eigenvalue weighted by molar-refractivity contribution is 7.90. The van der Waals surface area contributed by atoms with Crippen molar-refractivity contribution in [1.29, 1.82) is 0 Å². The summed E-state index contributed by atoms with van der Waals surface area (Å²) in [5.74, 6) is 1.36. The minimum Gasteiger partial charge on any atom is -0.367 e. The Balaban J connectivity index is 1.36. The van der Waals surface area contributed by atoms with Crippen LogP contribution in [0.15, 0.2) is 42.7 Å². The molecule has 2 fully saturated rings. The quantitative estimate of drug-likeness (QED) is 0.708. The molecule has 0 unspecified atom stereocenters. The summed E-state index contributed by atoms with van der Waals surface area (Å²) in [6.07, 6.45) is 4.65. The number of hydrogen-bond donors (Lipinski definition) is 1. The maximum absolute atomic E-state index is 12.4. The van der Waals surface area contributed by atoms with Crippen molar-refractivity contribution in [3.05, 3.63) is 42.7 Å². The fourth-order valence-corrected chi connectivity index (χ4v) is 5.59. The van der Waals surface area contributed by atoms with E-state index in [0.717, 1.165) is 42.8 Å². The first-order valence-corrected chi connectivity index (χ1v) is 11.1. The number of rotatable bonds is 5. The first kappa shape index (κ1) is 17.6. The molecule has 1 saturated carbocycles. The maximum atomic E-state index is 12.4. The van der Waals surface area contributed by atoms with E-state index in [4.69, 9.17) is 0 Å². The number of aromatic nitrogens is 4. The Morgan fingerprint density at radius 3 is 2.50 bits per heavy atom. The number of hydrogen-bond acceptors (Lipinski definition) is 6. The summed E-state index contributed by atoms with van der Waals surface area (Å²) in [5.41, 5.74) is 1.85. The molecule has 0 bridgehead atoms. The molecule has 5 rings (SSSR count). The van der Waals surface area contributed by atoms with E-state index < -0.39 is 10.0 Å².